The Balaban J connectivity index is 1.92. The van der Waals surface area contributed by atoms with Crippen LogP contribution < -0.4 is 14.8 Å². The highest BCUT2D eigenvalue weighted by Gasteiger charge is 2.29. The van der Waals surface area contributed by atoms with Crippen LogP contribution in [0.3, 0.4) is 0 Å². The minimum atomic E-state index is -3.15. The molecule has 2 rings (SSSR count). The molecule has 6 nitrogen and oxygen atoms in total. The highest BCUT2D eigenvalue weighted by molar-refractivity contribution is 7.92. The van der Waals surface area contributed by atoms with Crippen LogP contribution in [0.1, 0.15) is 25.5 Å². The van der Waals surface area contributed by atoms with Gasteiger partial charge in [-0.3, -0.25) is 0 Å². The second-order valence-electron chi connectivity index (χ2n) is 5.79. The maximum absolute atomic E-state index is 11.6. The molecular formula is C14H21NO5S. The van der Waals surface area contributed by atoms with Gasteiger partial charge in [0.2, 0.25) is 6.79 Å². The van der Waals surface area contributed by atoms with Crippen LogP contribution in [0.4, 0.5) is 0 Å². The van der Waals surface area contributed by atoms with Crippen molar-refractivity contribution < 1.29 is 23.0 Å². The molecule has 21 heavy (non-hydrogen) atoms. The van der Waals surface area contributed by atoms with Crippen LogP contribution in [-0.2, 0) is 9.84 Å². The first-order valence-electron chi connectivity index (χ1n) is 6.69. The number of rotatable bonds is 6. The Morgan fingerprint density at radius 1 is 1.33 bits per heavy atom. The van der Waals surface area contributed by atoms with Crippen molar-refractivity contribution in [3.05, 3.63) is 23.8 Å². The largest absolute Gasteiger partial charge is 0.454 e. The number of ether oxygens (including phenoxy) is 2. The molecule has 0 aromatic heterocycles. The number of hydrogen-bond acceptors (Lipinski definition) is 6. The van der Waals surface area contributed by atoms with Crippen molar-refractivity contribution in [1.29, 1.82) is 0 Å². The predicted octanol–water partition coefficient (Wildman–Crippen LogP) is 0.862. The van der Waals surface area contributed by atoms with Gasteiger partial charge in [-0.1, -0.05) is 6.07 Å². The molecular weight excluding hydrogens is 294 g/mol. The van der Waals surface area contributed by atoms with Gasteiger partial charge in [-0.15, -0.1) is 0 Å². The number of nitrogens with one attached hydrogen (secondary N) is 1. The van der Waals surface area contributed by atoms with Crippen LogP contribution in [0.15, 0.2) is 18.2 Å². The van der Waals surface area contributed by atoms with Crippen LogP contribution in [0.2, 0.25) is 0 Å². The summed E-state index contributed by atoms with van der Waals surface area (Å²) in [4.78, 5) is 0. The molecule has 1 atom stereocenters. The van der Waals surface area contributed by atoms with Gasteiger partial charge in [-0.05, 0) is 31.5 Å². The predicted molar refractivity (Wildman–Crippen MR) is 79.3 cm³/mol. The molecule has 1 aliphatic heterocycles. The molecule has 0 saturated carbocycles. The van der Waals surface area contributed by atoms with E-state index in [1.165, 1.54) is 6.26 Å². The SMILES string of the molecule is CC(C)(CNCC(O)c1ccc2c(c1)OCO2)S(C)(=O)=O. The van der Waals surface area contributed by atoms with Crippen LogP contribution in [0.25, 0.3) is 0 Å². The summed E-state index contributed by atoms with van der Waals surface area (Å²) in [5.41, 5.74) is 0.698. The Kier molecular flexibility index (Phi) is 4.46. The number of hydrogen-bond donors (Lipinski definition) is 2. The molecule has 0 spiro atoms. The maximum Gasteiger partial charge on any atom is 0.231 e. The van der Waals surface area contributed by atoms with E-state index in [0.717, 1.165) is 0 Å². The van der Waals surface area contributed by atoms with Crippen LogP contribution >= 0.6 is 0 Å². The Morgan fingerprint density at radius 3 is 2.67 bits per heavy atom. The van der Waals surface area contributed by atoms with E-state index >= 15 is 0 Å². The first-order chi connectivity index (χ1) is 9.71. The molecule has 0 fully saturated rings. The van der Waals surface area contributed by atoms with Crippen molar-refractivity contribution in [3.63, 3.8) is 0 Å². The second-order valence-corrected chi connectivity index (χ2v) is 8.44. The summed E-state index contributed by atoms with van der Waals surface area (Å²) in [6.45, 7) is 4.03. The van der Waals surface area contributed by atoms with E-state index in [0.29, 0.717) is 17.1 Å². The summed E-state index contributed by atoms with van der Waals surface area (Å²) in [5.74, 6) is 1.28. The molecule has 1 aromatic carbocycles. The molecule has 1 aliphatic rings. The molecule has 2 N–H and O–H groups in total. The van der Waals surface area contributed by atoms with Crippen molar-refractivity contribution in [1.82, 2.24) is 5.32 Å². The van der Waals surface area contributed by atoms with Gasteiger partial charge < -0.3 is 19.9 Å². The number of fused-ring (bicyclic) bond motifs is 1. The van der Waals surface area contributed by atoms with Gasteiger partial charge in [-0.2, -0.15) is 0 Å². The molecule has 118 valence electrons. The number of aliphatic hydroxyl groups excluding tert-OH is 1. The van der Waals surface area contributed by atoms with E-state index in [4.69, 9.17) is 9.47 Å². The third kappa shape index (κ3) is 3.66. The van der Waals surface area contributed by atoms with Gasteiger partial charge in [0.1, 0.15) is 0 Å². The summed E-state index contributed by atoms with van der Waals surface area (Å²) in [6.07, 6.45) is 0.470. The fraction of sp³-hybridized carbons (Fsp3) is 0.571. The van der Waals surface area contributed by atoms with E-state index in [1.54, 1.807) is 32.0 Å². The second kappa shape index (κ2) is 5.82. The Bertz CT molecular complexity index is 612. The van der Waals surface area contributed by atoms with Gasteiger partial charge in [0.15, 0.2) is 21.3 Å². The van der Waals surface area contributed by atoms with Gasteiger partial charge in [-0.25, -0.2) is 8.42 Å². The Morgan fingerprint density at radius 2 is 2.00 bits per heavy atom. The lowest BCUT2D eigenvalue weighted by atomic mass is 10.1. The van der Waals surface area contributed by atoms with Crippen LogP contribution in [0, 0.1) is 0 Å². The zero-order valence-corrected chi connectivity index (χ0v) is 13.2. The van der Waals surface area contributed by atoms with Crippen LogP contribution in [0.5, 0.6) is 11.5 Å². The van der Waals surface area contributed by atoms with E-state index in [-0.39, 0.29) is 19.9 Å². The lowest BCUT2D eigenvalue weighted by Gasteiger charge is -2.23. The average Bonchev–Trinajstić information content (AvgIpc) is 2.84. The monoisotopic (exact) mass is 315 g/mol. The van der Waals surface area contributed by atoms with Gasteiger partial charge in [0, 0.05) is 19.3 Å². The van der Waals surface area contributed by atoms with Crippen molar-refractivity contribution in [2.24, 2.45) is 0 Å². The fourth-order valence-corrected chi connectivity index (χ4v) is 2.24. The summed E-state index contributed by atoms with van der Waals surface area (Å²) in [5, 5.41) is 13.1. The van der Waals surface area contributed by atoms with E-state index in [1.807, 2.05) is 0 Å². The highest BCUT2D eigenvalue weighted by Crippen LogP contribution is 2.34. The first kappa shape index (κ1) is 16.1. The number of aliphatic hydroxyl groups is 1. The molecule has 0 bridgehead atoms. The first-order valence-corrected chi connectivity index (χ1v) is 8.58. The molecule has 1 aromatic rings. The topological polar surface area (TPSA) is 84.9 Å². The molecule has 0 aliphatic carbocycles. The Hall–Kier alpha value is -1.31. The molecule has 0 saturated heterocycles. The zero-order chi connectivity index (χ0) is 15.7. The van der Waals surface area contributed by atoms with E-state index < -0.39 is 20.7 Å². The summed E-state index contributed by atoms with van der Waals surface area (Å²) in [7, 11) is -3.15. The van der Waals surface area contributed by atoms with Crippen LogP contribution in [-0.4, -0.2) is 44.4 Å². The average molecular weight is 315 g/mol. The van der Waals surface area contributed by atoms with E-state index in [9.17, 15) is 13.5 Å². The maximum atomic E-state index is 11.6. The quantitative estimate of drug-likeness (QED) is 0.810. The molecule has 1 heterocycles. The Labute approximate surface area is 125 Å². The van der Waals surface area contributed by atoms with Gasteiger partial charge >= 0.3 is 0 Å². The fourth-order valence-electron chi connectivity index (χ4n) is 1.88. The van der Waals surface area contributed by atoms with Crippen molar-refractivity contribution in [3.8, 4) is 11.5 Å². The van der Waals surface area contributed by atoms with Gasteiger partial charge in [0.25, 0.3) is 0 Å². The minimum Gasteiger partial charge on any atom is -0.454 e. The lowest BCUT2D eigenvalue weighted by Crippen LogP contribution is -2.42. The molecule has 1 unspecified atom stereocenters. The number of sulfone groups is 1. The third-order valence-corrected chi connectivity index (χ3v) is 5.83. The molecule has 0 amide bonds. The summed E-state index contributed by atoms with van der Waals surface area (Å²) >= 11 is 0. The standard InChI is InChI=1S/C14H21NO5S/c1-14(2,21(3,17)18)8-15-7-11(16)10-4-5-12-13(6-10)20-9-19-12/h4-6,11,15-16H,7-9H2,1-3H3. The summed E-state index contributed by atoms with van der Waals surface area (Å²) in [6, 6.07) is 5.25. The lowest BCUT2D eigenvalue weighted by molar-refractivity contribution is 0.170. The minimum absolute atomic E-state index is 0.190. The summed E-state index contributed by atoms with van der Waals surface area (Å²) < 4.78 is 32.8. The normalized spacial score (nSPS) is 16.0. The van der Waals surface area contributed by atoms with Crippen molar-refractivity contribution in [2.75, 3.05) is 26.1 Å². The molecule has 0 radical (unpaired) electrons. The van der Waals surface area contributed by atoms with Crippen molar-refractivity contribution >= 4 is 9.84 Å². The smallest absolute Gasteiger partial charge is 0.231 e. The van der Waals surface area contributed by atoms with E-state index in [2.05, 4.69) is 5.32 Å². The van der Waals surface area contributed by atoms with Gasteiger partial charge in [0.05, 0.1) is 10.9 Å². The molecule has 7 heteroatoms. The number of benzene rings is 1. The highest BCUT2D eigenvalue weighted by atomic mass is 32.2. The van der Waals surface area contributed by atoms with Crippen molar-refractivity contribution in [2.45, 2.75) is 24.7 Å². The third-order valence-electron chi connectivity index (χ3n) is 3.67. The zero-order valence-electron chi connectivity index (χ0n) is 12.4.